The highest BCUT2D eigenvalue weighted by Gasteiger charge is 2.28. The quantitative estimate of drug-likeness (QED) is 0.442. The monoisotopic (exact) mass is 439 g/mol. The van der Waals surface area contributed by atoms with E-state index in [0.717, 1.165) is 29.6 Å². The Balaban J connectivity index is 1.62. The van der Waals surface area contributed by atoms with Gasteiger partial charge >= 0.3 is 0 Å². The lowest BCUT2D eigenvalue weighted by Crippen LogP contribution is -2.32. The molecule has 2 heterocycles. The van der Waals surface area contributed by atoms with Gasteiger partial charge in [0.25, 0.3) is 0 Å². The molecule has 8 nitrogen and oxygen atoms in total. The molecule has 9 heteroatoms. The summed E-state index contributed by atoms with van der Waals surface area (Å²) >= 11 is 0. The van der Waals surface area contributed by atoms with Crippen molar-refractivity contribution < 1.29 is 12.9 Å². The van der Waals surface area contributed by atoms with E-state index in [1.165, 1.54) is 0 Å². The highest BCUT2D eigenvalue weighted by atomic mass is 32.2. The third-order valence-electron chi connectivity index (χ3n) is 5.05. The van der Waals surface area contributed by atoms with Crippen molar-refractivity contribution in [1.29, 1.82) is 0 Å². The first-order chi connectivity index (χ1) is 14.9. The summed E-state index contributed by atoms with van der Waals surface area (Å²) in [6.07, 6.45) is 2.85. The second kappa shape index (κ2) is 8.60. The van der Waals surface area contributed by atoms with Crippen LogP contribution in [-0.4, -0.2) is 28.1 Å². The molecule has 4 rings (SSSR count). The topological polar surface area (TPSA) is 103 Å². The summed E-state index contributed by atoms with van der Waals surface area (Å²) in [7, 11) is -3.73. The van der Waals surface area contributed by atoms with E-state index in [4.69, 9.17) is 4.52 Å². The van der Waals surface area contributed by atoms with Crippen LogP contribution < -0.4 is 4.72 Å². The maximum atomic E-state index is 12.8. The lowest BCUT2D eigenvalue weighted by atomic mass is 10.1. The van der Waals surface area contributed by atoms with Crippen LogP contribution in [0.5, 0.6) is 0 Å². The van der Waals surface area contributed by atoms with Crippen LogP contribution in [-0.2, 0) is 16.6 Å². The van der Waals surface area contributed by atoms with Gasteiger partial charge in [-0.15, -0.1) is 0 Å². The van der Waals surface area contributed by atoms with Crippen molar-refractivity contribution in [3.8, 4) is 11.4 Å². The van der Waals surface area contributed by atoms with Crippen molar-refractivity contribution in [2.45, 2.75) is 44.7 Å². The Kier molecular flexibility index (Phi) is 5.88. The highest BCUT2D eigenvalue weighted by molar-refractivity contribution is 7.89. The molecule has 0 aliphatic rings. The molecule has 2 aromatic carbocycles. The molecule has 0 saturated carbocycles. The van der Waals surface area contributed by atoms with Crippen LogP contribution in [0.4, 0.5) is 0 Å². The van der Waals surface area contributed by atoms with Crippen LogP contribution in [0.2, 0.25) is 0 Å². The van der Waals surface area contributed by atoms with Crippen LogP contribution in [0, 0.1) is 5.92 Å². The molecule has 0 aliphatic heterocycles. The molecule has 0 bridgehead atoms. The molecule has 2 aromatic heterocycles. The van der Waals surface area contributed by atoms with Gasteiger partial charge < -0.3 is 9.09 Å². The average Bonchev–Trinajstić information content (AvgIpc) is 3.40. The number of fused-ring (bicyclic) bond motifs is 1. The molecule has 4 aromatic rings. The maximum absolute atomic E-state index is 12.8. The van der Waals surface area contributed by atoms with Crippen molar-refractivity contribution in [3.05, 3.63) is 60.7 Å². The summed E-state index contributed by atoms with van der Waals surface area (Å²) in [6.45, 7) is 6.82. The molecule has 0 radical (unpaired) electrons. The van der Waals surface area contributed by atoms with Crippen molar-refractivity contribution in [2.24, 2.45) is 5.92 Å². The molecular formula is C22H25N5O3S. The second-order valence-electron chi connectivity index (χ2n) is 7.75. The molecule has 0 amide bonds. The van der Waals surface area contributed by atoms with Gasteiger partial charge in [0, 0.05) is 12.1 Å². The van der Waals surface area contributed by atoms with Crippen LogP contribution in [0.25, 0.3) is 22.4 Å². The highest BCUT2D eigenvalue weighted by Crippen LogP contribution is 2.27. The van der Waals surface area contributed by atoms with E-state index in [2.05, 4.69) is 31.3 Å². The first-order valence-corrected chi connectivity index (χ1v) is 11.7. The molecule has 31 heavy (non-hydrogen) atoms. The van der Waals surface area contributed by atoms with Gasteiger partial charge in [-0.2, -0.15) is 9.71 Å². The van der Waals surface area contributed by atoms with Gasteiger partial charge in [0.15, 0.2) is 0 Å². The minimum Gasteiger partial charge on any atom is -0.337 e. The molecule has 0 unspecified atom stereocenters. The van der Waals surface area contributed by atoms with Crippen LogP contribution in [0.1, 0.15) is 39.1 Å². The van der Waals surface area contributed by atoms with Crippen molar-refractivity contribution in [1.82, 2.24) is 24.4 Å². The molecule has 1 atom stereocenters. The van der Waals surface area contributed by atoms with E-state index >= 15 is 0 Å². The van der Waals surface area contributed by atoms with Crippen LogP contribution in [0.3, 0.4) is 0 Å². The zero-order valence-electron chi connectivity index (χ0n) is 17.7. The number of benzene rings is 2. The minimum atomic E-state index is -3.73. The van der Waals surface area contributed by atoms with Gasteiger partial charge in [-0.05, 0) is 42.7 Å². The fraction of sp³-hybridized carbons (Fsp3) is 0.318. The van der Waals surface area contributed by atoms with Gasteiger partial charge in [-0.25, -0.2) is 13.4 Å². The zero-order chi connectivity index (χ0) is 22.0. The fourth-order valence-corrected chi connectivity index (χ4v) is 4.77. The maximum Gasteiger partial charge on any atom is 0.245 e. The predicted octanol–water partition coefficient (Wildman–Crippen LogP) is 4.17. The Morgan fingerprint density at radius 3 is 2.61 bits per heavy atom. The van der Waals surface area contributed by atoms with Gasteiger partial charge in [0.1, 0.15) is 6.04 Å². The SMILES string of the molecule is CCCn1cnc2cc(-c3noc([C@@H](NS(=O)(=O)c4ccccc4)C(C)C)n3)ccc21. The Bertz CT molecular complexity index is 1280. The van der Waals surface area contributed by atoms with Crippen molar-refractivity contribution >= 4 is 21.1 Å². The number of sulfonamides is 1. The summed E-state index contributed by atoms with van der Waals surface area (Å²) in [4.78, 5) is 9.14. The van der Waals surface area contributed by atoms with Gasteiger partial charge in [0.05, 0.1) is 22.3 Å². The standard InChI is InChI=1S/C22H25N5O3S/c1-4-12-27-14-23-18-13-16(10-11-19(18)27)21-24-22(30-25-21)20(15(2)3)26-31(28,29)17-8-6-5-7-9-17/h5-11,13-15,20,26H,4,12H2,1-3H3/t20-/m0/s1. The number of aryl methyl sites for hydroxylation is 1. The van der Waals surface area contributed by atoms with Crippen molar-refractivity contribution in [2.75, 3.05) is 0 Å². The zero-order valence-corrected chi connectivity index (χ0v) is 18.5. The Morgan fingerprint density at radius 2 is 1.90 bits per heavy atom. The van der Waals surface area contributed by atoms with Crippen LogP contribution >= 0.6 is 0 Å². The van der Waals surface area contributed by atoms with Gasteiger partial charge in [0.2, 0.25) is 21.7 Å². The fourth-order valence-electron chi connectivity index (χ4n) is 3.41. The summed E-state index contributed by atoms with van der Waals surface area (Å²) in [5.41, 5.74) is 2.66. The lowest BCUT2D eigenvalue weighted by Gasteiger charge is -2.18. The number of imidazole rings is 1. The summed E-state index contributed by atoms with van der Waals surface area (Å²) in [5.74, 6) is 0.520. The van der Waals surface area contributed by atoms with Crippen molar-refractivity contribution in [3.63, 3.8) is 0 Å². The molecule has 0 fully saturated rings. The van der Waals surface area contributed by atoms with Gasteiger partial charge in [-0.3, -0.25) is 0 Å². The van der Waals surface area contributed by atoms with E-state index in [9.17, 15) is 8.42 Å². The molecule has 0 spiro atoms. The minimum absolute atomic E-state index is 0.0981. The predicted molar refractivity (Wildman–Crippen MR) is 118 cm³/mol. The van der Waals surface area contributed by atoms with E-state index < -0.39 is 16.1 Å². The Hall–Kier alpha value is -3.04. The number of nitrogens with one attached hydrogen (secondary N) is 1. The van der Waals surface area contributed by atoms with E-state index in [1.54, 1.807) is 30.3 Å². The molecule has 1 N–H and O–H groups in total. The Morgan fingerprint density at radius 1 is 1.13 bits per heavy atom. The van der Waals surface area contributed by atoms with Crippen LogP contribution in [0.15, 0.2) is 64.3 Å². The Labute approximate surface area is 181 Å². The molecular weight excluding hydrogens is 414 g/mol. The third kappa shape index (κ3) is 4.38. The summed E-state index contributed by atoms with van der Waals surface area (Å²) < 4.78 is 35.8. The number of nitrogens with zero attached hydrogens (tertiary/aromatic N) is 4. The average molecular weight is 440 g/mol. The largest absolute Gasteiger partial charge is 0.337 e. The third-order valence-corrected chi connectivity index (χ3v) is 6.51. The number of hydrogen-bond acceptors (Lipinski definition) is 6. The number of hydrogen-bond donors (Lipinski definition) is 1. The molecule has 0 saturated heterocycles. The second-order valence-corrected chi connectivity index (χ2v) is 9.47. The molecule has 0 aliphatic carbocycles. The summed E-state index contributed by atoms with van der Waals surface area (Å²) in [5, 5.41) is 4.09. The van der Waals surface area contributed by atoms with Gasteiger partial charge in [-0.1, -0.05) is 44.1 Å². The van der Waals surface area contributed by atoms with E-state index in [-0.39, 0.29) is 16.7 Å². The lowest BCUT2D eigenvalue weighted by molar-refractivity contribution is 0.311. The number of rotatable bonds is 8. The first-order valence-electron chi connectivity index (χ1n) is 10.3. The smallest absolute Gasteiger partial charge is 0.245 e. The first kappa shape index (κ1) is 21.2. The molecule has 162 valence electrons. The number of aromatic nitrogens is 4. The summed E-state index contributed by atoms with van der Waals surface area (Å²) in [6, 6.07) is 13.4. The van der Waals surface area contributed by atoms with E-state index in [0.29, 0.717) is 5.82 Å². The van der Waals surface area contributed by atoms with E-state index in [1.807, 2.05) is 38.4 Å². The normalized spacial score (nSPS) is 13.2.